The van der Waals surface area contributed by atoms with E-state index in [9.17, 15) is 14.0 Å². The van der Waals surface area contributed by atoms with Gasteiger partial charge in [0.25, 0.3) is 0 Å². The second kappa shape index (κ2) is 9.49. The van der Waals surface area contributed by atoms with Crippen molar-refractivity contribution >= 4 is 11.8 Å². The van der Waals surface area contributed by atoms with Crippen LogP contribution in [0.3, 0.4) is 0 Å². The summed E-state index contributed by atoms with van der Waals surface area (Å²) in [5.41, 5.74) is 3.20. The quantitative estimate of drug-likeness (QED) is 0.832. The zero-order valence-electron chi connectivity index (χ0n) is 16.3. The van der Waals surface area contributed by atoms with Gasteiger partial charge in [0.05, 0.1) is 6.42 Å². The summed E-state index contributed by atoms with van der Waals surface area (Å²) in [5, 5.41) is 3.03. The maximum absolute atomic E-state index is 12.9. The molecule has 4 nitrogen and oxygen atoms in total. The van der Waals surface area contributed by atoms with Crippen molar-refractivity contribution in [1.82, 2.24) is 10.2 Å². The third-order valence-corrected chi connectivity index (χ3v) is 5.24. The molecule has 2 aromatic carbocycles. The van der Waals surface area contributed by atoms with E-state index in [2.05, 4.69) is 36.5 Å². The highest BCUT2D eigenvalue weighted by molar-refractivity contribution is 5.79. The molecule has 0 radical (unpaired) electrons. The lowest BCUT2D eigenvalue weighted by Crippen LogP contribution is -2.46. The summed E-state index contributed by atoms with van der Waals surface area (Å²) in [6.45, 7) is 3.40. The van der Waals surface area contributed by atoms with Crippen LogP contribution in [0.15, 0.2) is 48.5 Å². The Morgan fingerprint density at radius 2 is 1.61 bits per heavy atom. The van der Waals surface area contributed by atoms with Crippen LogP contribution in [-0.4, -0.2) is 35.8 Å². The minimum absolute atomic E-state index is 0.0595. The van der Waals surface area contributed by atoms with E-state index in [0.29, 0.717) is 19.5 Å². The molecule has 2 amide bonds. The highest BCUT2D eigenvalue weighted by Gasteiger charge is 2.23. The van der Waals surface area contributed by atoms with Crippen molar-refractivity contribution in [3.8, 4) is 0 Å². The molecule has 1 aliphatic heterocycles. The second-order valence-electron chi connectivity index (χ2n) is 7.51. The molecule has 0 spiro atoms. The smallest absolute Gasteiger partial charge is 0.224 e. The predicted octanol–water partition coefficient (Wildman–Crippen LogP) is 3.42. The molecule has 28 heavy (non-hydrogen) atoms. The van der Waals surface area contributed by atoms with Crippen molar-refractivity contribution in [3.05, 3.63) is 71.0 Å². The van der Waals surface area contributed by atoms with Crippen molar-refractivity contribution in [1.29, 1.82) is 0 Å². The van der Waals surface area contributed by atoms with Crippen LogP contribution in [0.1, 0.15) is 36.0 Å². The molecule has 1 N–H and O–H groups in total. The molecule has 1 fully saturated rings. The Morgan fingerprint density at radius 1 is 1.00 bits per heavy atom. The molecule has 1 saturated heterocycles. The number of halogens is 1. The summed E-state index contributed by atoms with van der Waals surface area (Å²) in [4.78, 5) is 26.5. The first-order valence-electron chi connectivity index (χ1n) is 9.87. The van der Waals surface area contributed by atoms with E-state index in [1.54, 1.807) is 12.1 Å². The average Bonchev–Trinajstić information content (AvgIpc) is 2.69. The van der Waals surface area contributed by atoms with Crippen LogP contribution in [0, 0.1) is 12.7 Å². The van der Waals surface area contributed by atoms with Crippen LogP contribution >= 0.6 is 0 Å². The molecular formula is C23H27FN2O2. The molecule has 0 unspecified atom stereocenters. The first kappa shape index (κ1) is 20.1. The van der Waals surface area contributed by atoms with Gasteiger partial charge in [-0.25, -0.2) is 4.39 Å². The fraction of sp³-hybridized carbons (Fsp3) is 0.391. The summed E-state index contributed by atoms with van der Waals surface area (Å²) in [7, 11) is 0. The van der Waals surface area contributed by atoms with Gasteiger partial charge in [-0.2, -0.15) is 0 Å². The number of nitrogens with one attached hydrogen (secondary N) is 1. The van der Waals surface area contributed by atoms with Crippen molar-refractivity contribution < 1.29 is 14.0 Å². The Kier molecular flexibility index (Phi) is 6.80. The number of hydrogen-bond acceptors (Lipinski definition) is 2. The fourth-order valence-corrected chi connectivity index (χ4v) is 3.50. The predicted molar refractivity (Wildman–Crippen MR) is 107 cm³/mol. The molecule has 2 aromatic rings. The Hall–Kier alpha value is -2.69. The molecule has 0 saturated carbocycles. The van der Waals surface area contributed by atoms with E-state index in [-0.39, 0.29) is 30.1 Å². The van der Waals surface area contributed by atoms with Gasteiger partial charge < -0.3 is 10.2 Å². The van der Waals surface area contributed by atoms with Crippen LogP contribution < -0.4 is 5.32 Å². The molecule has 1 heterocycles. The van der Waals surface area contributed by atoms with E-state index in [1.165, 1.54) is 23.3 Å². The number of carbonyl (C=O) groups is 2. The maximum atomic E-state index is 12.9. The van der Waals surface area contributed by atoms with Gasteiger partial charge in [-0.05, 0) is 49.4 Å². The Morgan fingerprint density at radius 3 is 2.25 bits per heavy atom. The molecule has 1 aliphatic rings. The molecule has 0 aromatic heterocycles. The highest BCUT2D eigenvalue weighted by Crippen LogP contribution is 2.14. The molecule has 5 heteroatoms. The van der Waals surface area contributed by atoms with Crippen LogP contribution in [-0.2, 0) is 22.4 Å². The van der Waals surface area contributed by atoms with Gasteiger partial charge in [-0.15, -0.1) is 0 Å². The summed E-state index contributed by atoms with van der Waals surface area (Å²) in [6, 6.07) is 14.4. The Labute approximate surface area is 165 Å². The SMILES string of the molecule is Cc1ccc(CCC(=O)N2CCC(NC(=O)Cc3ccc(F)cc3)CC2)cc1. The molecular weight excluding hydrogens is 355 g/mol. The number of likely N-dealkylation sites (tertiary alicyclic amines) is 1. The minimum Gasteiger partial charge on any atom is -0.353 e. The summed E-state index contributed by atoms with van der Waals surface area (Å²) in [5.74, 6) is -0.184. The van der Waals surface area contributed by atoms with Gasteiger partial charge in [0.1, 0.15) is 5.82 Å². The van der Waals surface area contributed by atoms with E-state index in [0.717, 1.165) is 24.8 Å². The molecule has 148 valence electrons. The number of benzene rings is 2. The van der Waals surface area contributed by atoms with Crippen LogP contribution in [0.5, 0.6) is 0 Å². The summed E-state index contributed by atoms with van der Waals surface area (Å²) >= 11 is 0. The van der Waals surface area contributed by atoms with E-state index < -0.39 is 0 Å². The normalized spacial score (nSPS) is 14.7. The van der Waals surface area contributed by atoms with Gasteiger partial charge in [0.2, 0.25) is 11.8 Å². The van der Waals surface area contributed by atoms with E-state index in [4.69, 9.17) is 0 Å². The largest absolute Gasteiger partial charge is 0.353 e. The number of amides is 2. The lowest BCUT2D eigenvalue weighted by atomic mass is 10.0. The zero-order valence-corrected chi connectivity index (χ0v) is 16.3. The third-order valence-electron chi connectivity index (χ3n) is 5.24. The van der Waals surface area contributed by atoms with Crippen LogP contribution in [0.25, 0.3) is 0 Å². The summed E-state index contributed by atoms with van der Waals surface area (Å²) in [6.07, 6.45) is 3.06. The lowest BCUT2D eigenvalue weighted by molar-refractivity contribution is -0.132. The van der Waals surface area contributed by atoms with Crippen molar-refractivity contribution in [3.63, 3.8) is 0 Å². The Balaban J connectivity index is 1.38. The van der Waals surface area contributed by atoms with Crippen molar-refractivity contribution in [2.45, 2.75) is 45.1 Å². The molecule has 3 rings (SSSR count). The lowest BCUT2D eigenvalue weighted by Gasteiger charge is -2.32. The van der Waals surface area contributed by atoms with Crippen LogP contribution in [0.4, 0.5) is 4.39 Å². The first-order chi connectivity index (χ1) is 13.5. The van der Waals surface area contributed by atoms with Gasteiger partial charge in [0, 0.05) is 25.6 Å². The van der Waals surface area contributed by atoms with Crippen molar-refractivity contribution in [2.24, 2.45) is 0 Å². The fourth-order valence-electron chi connectivity index (χ4n) is 3.50. The van der Waals surface area contributed by atoms with Gasteiger partial charge in [-0.3, -0.25) is 9.59 Å². The van der Waals surface area contributed by atoms with Gasteiger partial charge >= 0.3 is 0 Å². The number of piperidine rings is 1. The monoisotopic (exact) mass is 382 g/mol. The van der Waals surface area contributed by atoms with Crippen LogP contribution in [0.2, 0.25) is 0 Å². The average molecular weight is 382 g/mol. The number of carbonyl (C=O) groups excluding carboxylic acids is 2. The number of hydrogen-bond donors (Lipinski definition) is 1. The second-order valence-corrected chi connectivity index (χ2v) is 7.51. The standard InChI is InChI=1S/C23H27FN2O2/c1-17-2-4-18(5-3-17)8-11-23(28)26-14-12-21(13-15-26)25-22(27)16-19-6-9-20(24)10-7-19/h2-7,9-10,21H,8,11-16H2,1H3,(H,25,27). The molecule has 0 atom stereocenters. The summed E-state index contributed by atoms with van der Waals surface area (Å²) < 4.78 is 12.9. The Bertz CT molecular complexity index is 794. The highest BCUT2D eigenvalue weighted by atomic mass is 19.1. The number of aryl methyl sites for hydroxylation is 2. The first-order valence-corrected chi connectivity index (χ1v) is 9.87. The van der Waals surface area contributed by atoms with Gasteiger partial charge in [0.15, 0.2) is 0 Å². The maximum Gasteiger partial charge on any atom is 0.224 e. The molecule has 0 aliphatic carbocycles. The zero-order chi connectivity index (χ0) is 19.9. The molecule has 0 bridgehead atoms. The van der Waals surface area contributed by atoms with Gasteiger partial charge in [-0.1, -0.05) is 42.0 Å². The van der Waals surface area contributed by atoms with Crippen molar-refractivity contribution in [2.75, 3.05) is 13.1 Å². The minimum atomic E-state index is -0.302. The third kappa shape index (κ3) is 5.91. The van der Waals surface area contributed by atoms with E-state index in [1.807, 2.05) is 4.90 Å². The number of rotatable bonds is 6. The topological polar surface area (TPSA) is 49.4 Å². The number of nitrogens with zero attached hydrogens (tertiary/aromatic N) is 1. The van der Waals surface area contributed by atoms with E-state index >= 15 is 0 Å².